The van der Waals surface area contributed by atoms with Crippen LogP contribution in [0.25, 0.3) is 6.08 Å². The van der Waals surface area contributed by atoms with E-state index in [0.29, 0.717) is 13.0 Å². The van der Waals surface area contributed by atoms with Gasteiger partial charge in [0.15, 0.2) is 0 Å². The molecule has 1 aromatic carbocycles. The van der Waals surface area contributed by atoms with Crippen molar-refractivity contribution in [2.45, 2.75) is 12.8 Å². The third-order valence-electron chi connectivity index (χ3n) is 3.98. The average Bonchev–Trinajstić information content (AvgIpc) is 3.06. The van der Waals surface area contributed by atoms with Crippen LogP contribution in [0.1, 0.15) is 17.5 Å². The van der Waals surface area contributed by atoms with Gasteiger partial charge in [-0.05, 0) is 17.5 Å². The monoisotopic (exact) mass is 309 g/mol. The van der Waals surface area contributed by atoms with Crippen LogP contribution in [0.15, 0.2) is 48.8 Å². The third-order valence-corrected chi connectivity index (χ3v) is 3.98. The summed E-state index contributed by atoms with van der Waals surface area (Å²) in [6.07, 6.45) is 8.27. The van der Waals surface area contributed by atoms with E-state index in [1.54, 1.807) is 10.9 Å². The third kappa shape index (κ3) is 3.56. The molecule has 0 bridgehead atoms. The molecule has 118 valence electrons. The van der Waals surface area contributed by atoms with Crippen LogP contribution in [0, 0.1) is 5.92 Å². The van der Waals surface area contributed by atoms with Gasteiger partial charge >= 0.3 is 0 Å². The standard InChI is InChI=1S/C18H19N3O2/c1-20-13-15(12-19-20)10-16-11-17(22)21(18(16)23)9-5-8-14-6-3-2-4-7-14/h2-8,12-13,16H,9-11H2,1H3/b8-5+/t16-/m1/s1. The van der Waals surface area contributed by atoms with Crippen LogP contribution < -0.4 is 0 Å². The van der Waals surface area contributed by atoms with E-state index in [0.717, 1.165) is 11.1 Å². The summed E-state index contributed by atoms with van der Waals surface area (Å²) in [4.78, 5) is 25.8. The van der Waals surface area contributed by atoms with Crippen LogP contribution in [0.5, 0.6) is 0 Å². The fourth-order valence-electron chi connectivity index (χ4n) is 2.82. The number of likely N-dealkylation sites (tertiary alicyclic amines) is 1. The molecule has 0 radical (unpaired) electrons. The largest absolute Gasteiger partial charge is 0.278 e. The number of nitrogens with zero attached hydrogens (tertiary/aromatic N) is 3. The quantitative estimate of drug-likeness (QED) is 0.794. The van der Waals surface area contributed by atoms with Crippen LogP contribution in [0.2, 0.25) is 0 Å². The Hall–Kier alpha value is -2.69. The Morgan fingerprint density at radius 3 is 2.74 bits per heavy atom. The van der Waals surface area contributed by atoms with Gasteiger partial charge < -0.3 is 0 Å². The topological polar surface area (TPSA) is 55.2 Å². The lowest BCUT2D eigenvalue weighted by Crippen LogP contribution is -2.31. The van der Waals surface area contributed by atoms with Gasteiger partial charge in [0, 0.05) is 26.2 Å². The Balaban J connectivity index is 1.61. The van der Waals surface area contributed by atoms with Crippen molar-refractivity contribution in [1.82, 2.24) is 14.7 Å². The van der Waals surface area contributed by atoms with Gasteiger partial charge in [-0.25, -0.2) is 0 Å². The molecule has 1 saturated heterocycles. The van der Waals surface area contributed by atoms with E-state index in [2.05, 4.69) is 5.10 Å². The predicted molar refractivity (Wildman–Crippen MR) is 87.2 cm³/mol. The van der Waals surface area contributed by atoms with Crippen molar-refractivity contribution in [1.29, 1.82) is 0 Å². The van der Waals surface area contributed by atoms with Crippen molar-refractivity contribution >= 4 is 17.9 Å². The van der Waals surface area contributed by atoms with Crippen LogP contribution in [-0.4, -0.2) is 33.0 Å². The summed E-state index contributed by atoms with van der Waals surface area (Å²) in [5.74, 6) is -0.449. The highest BCUT2D eigenvalue weighted by Crippen LogP contribution is 2.23. The Bertz CT molecular complexity index is 734. The second-order valence-corrected chi connectivity index (χ2v) is 5.78. The molecule has 5 nitrogen and oxygen atoms in total. The average molecular weight is 309 g/mol. The summed E-state index contributed by atoms with van der Waals surface area (Å²) in [6, 6.07) is 9.82. The first kappa shape index (κ1) is 15.2. The van der Waals surface area contributed by atoms with Crippen molar-refractivity contribution in [3.05, 3.63) is 59.9 Å². The Morgan fingerprint density at radius 2 is 2.04 bits per heavy atom. The minimum absolute atomic E-state index is 0.0865. The van der Waals surface area contributed by atoms with Crippen molar-refractivity contribution in [2.24, 2.45) is 13.0 Å². The Kier molecular flexibility index (Phi) is 4.37. The van der Waals surface area contributed by atoms with E-state index >= 15 is 0 Å². The van der Waals surface area contributed by atoms with Gasteiger partial charge in [0.1, 0.15) is 0 Å². The highest BCUT2D eigenvalue weighted by atomic mass is 16.2. The maximum absolute atomic E-state index is 12.4. The molecule has 0 saturated carbocycles. The van der Waals surface area contributed by atoms with Gasteiger partial charge in [-0.3, -0.25) is 19.2 Å². The van der Waals surface area contributed by atoms with Crippen molar-refractivity contribution < 1.29 is 9.59 Å². The first-order valence-corrected chi connectivity index (χ1v) is 7.67. The second-order valence-electron chi connectivity index (χ2n) is 5.78. The number of aryl methyl sites for hydroxylation is 1. The zero-order valence-corrected chi connectivity index (χ0v) is 13.1. The normalized spacial score (nSPS) is 18.3. The van der Waals surface area contributed by atoms with Gasteiger partial charge in [-0.2, -0.15) is 5.10 Å². The lowest BCUT2D eigenvalue weighted by Gasteiger charge is -2.12. The van der Waals surface area contributed by atoms with Crippen LogP contribution >= 0.6 is 0 Å². The summed E-state index contributed by atoms with van der Waals surface area (Å²) in [5, 5.41) is 4.10. The summed E-state index contributed by atoms with van der Waals surface area (Å²) < 4.78 is 1.71. The van der Waals surface area contributed by atoms with Gasteiger partial charge in [0.2, 0.25) is 11.8 Å². The van der Waals surface area contributed by atoms with Crippen LogP contribution in [0.4, 0.5) is 0 Å². The molecule has 0 unspecified atom stereocenters. The maximum atomic E-state index is 12.4. The van der Waals surface area contributed by atoms with Gasteiger partial charge in [0.25, 0.3) is 0 Å². The zero-order chi connectivity index (χ0) is 16.2. The summed E-state index contributed by atoms with van der Waals surface area (Å²) in [6.45, 7) is 0.329. The number of hydrogen-bond acceptors (Lipinski definition) is 3. The molecule has 0 aliphatic carbocycles. The molecule has 2 heterocycles. The fraction of sp³-hybridized carbons (Fsp3) is 0.278. The minimum Gasteiger partial charge on any atom is -0.278 e. The summed E-state index contributed by atoms with van der Waals surface area (Å²) in [7, 11) is 1.84. The second kappa shape index (κ2) is 6.60. The van der Waals surface area contributed by atoms with E-state index in [4.69, 9.17) is 0 Å². The molecular formula is C18H19N3O2. The molecule has 1 fully saturated rings. The number of imide groups is 1. The van der Waals surface area contributed by atoms with Crippen LogP contribution in [-0.2, 0) is 23.1 Å². The number of amides is 2. The predicted octanol–water partition coefficient (Wildman–Crippen LogP) is 2.05. The molecule has 3 rings (SSSR count). The first-order valence-electron chi connectivity index (χ1n) is 7.67. The van der Waals surface area contributed by atoms with Crippen molar-refractivity contribution in [2.75, 3.05) is 6.54 Å². The lowest BCUT2D eigenvalue weighted by molar-refractivity contribution is -0.138. The molecule has 2 amide bonds. The molecular weight excluding hydrogens is 290 g/mol. The van der Waals surface area contributed by atoms with E-state index in [1.165, 1.54) is 4.90 Å². The molecule has 0 spiro atoms. The summed E-state index contributed by atoms with van der Waals surface area (Å²) >= 11 is 0. The number of aromatic nitrogens is 2. The maximum Gasteiger partial charge on any atom is 0.233 e. The molecule has 23 heavy (non-hydrogen) atoms. The molecule has 1 atom stereocenters. The molecule has 1 aromatic heterocycles. The first-order chi connectivity index (χ1) is 11.1. The fourth-order valence-corrected chi connectivity index (χ4v) is 2.82. The Morgan fingerprint density at radius 1 is 1.26 bits per heavy atom. The smallest absolute Gasteiger partial charge is 0.233 e. The van der Waals surface area contributed by atoms with Gasteiger partial charge in [0.05, 0.1) is 12.1 Å². The van der Waals surface area contributed by atoms with E-state index in [9.17, 15) is 9.59 Å². The lowest BCUT2D eigenvalue weighted by atomic mass is 10.0. The highest BCUT2D eigenvalue weighted by Gasteiger charge is 2.37. The number of rotatable bonds is 5. The van der Waals surface area contributed by atoms with E-state index < -0.39 is 0 Å². The molecule has 1 aliphatic rings. The SMILES string of the molecule is Cn1cc(C[C@@H]2CC(=O)N(C/C=C/c3ccccc3)C2=O)cn1. The highest BCUT2D eigenvalue weighted by molar-refractivity contribution is 6.03. The summed E-state index contributed by atoms with van der Waals surface area (Å²) in [5.41, 5.74) is 2.04. The Labute approximate surface area is 135 Å². The van der Waals surface area contributed by atoms with E-state index in [1.807, 2.05) is 55.7 Å². The number of carbonyl (C=O) groups excluding carboxylic acids is 2. The van der Waals surface area contributed by atoms with Crippen molar-refractivity contribution in [3.8, 4) is 0 Å². The molecule has 1 aliphatic heterocycles. The van der Waals surface area contributed by atoms with Crippen LogP contribution in [0.3, 0.4) is 0 Å². The molecule has 2 aromatic rings. The number of carbonyl (C=O) groups is 2. The molecule has 5 heteroatoms. The number of benzene rings is 1. The molecule has 0 N–H and O–H groups in total. The van der Waals surface area contributed by atoms with Gasteiger partial charge in [-0.15, -0.1) is 0 Å². The van der Waals surface area contributed by atoms with Gasteiger partial charge in [-0.1, -0.05) is 42.5 Å². The van der Waals surface area contributed by atoms with E-state index in [-0.39, 0.29) is 24.2 Å². The number of hydrogen-bond donors (Lipinski definition) is 0. The minimum atomic E-state index is -0.267. The zero-order valence-electron chi connectivity index (χ0n) is 13.1. The van der Waals surface area contributed by atoms with Crippen molar-refractivity contribution in [3.63, 3.8) is 0 Å².